The molecule has 1 atom stereocenters. The minimum absolute atomic E-state index is 0. The molecule has 0 amide bonds. The summed E-state index contributed by atoms with van der Waals surface area (Å²) in [5.41, 5.74) is 0.563. The van der Waals surface area contributed by atoms with E-state index in [4.69, 9.17) is 9.73 Å². The largest absolute Gasteiger partial charge is 0.376 e. The molecule has 8 heteroatoms. The van der Waals surface area contributed by atoms with E-state index >= 15 is 0 Å². The van der Waals surface area contributed by atoms with Crippen molar-refractivity contribution in [2.24, 2.45) is 17.5 Å². The van der Waals surface area contributed by atoms with E-state index in [1.54, 1.807) is 0 Å². The monoisotopic (exact) mass is 474 g/mol. The second-order valence-electron chi connectivity index (χ2n) is 7.90. The molecule has 1 unspecified atom stereocenters. The maximum Gasteiger partial charge on any atom is 0.194 e. The number of halogens is 1. The summed E-state index contributed by atoms with van der Waals surface area (Å²) in [5.74, 6) is 2.85. The Morgan fingerprint density at radius 2 is 2.15 bits per heavy atom. The van der Waals surface area contributed by atoms with Crippen LogP contribution in [-0.2, 0) is 18.3 Å². The summed E-state index contributed by atoms with van der Waals surface area (Å²) in [4.78, 5) is 7.33. The summed E-state index contributed by atoms with van der Waals surface area (Å²) in [5, 5.41) is 12.0. The summed E-state index contributed by atoms with van der Waals surface area (Å²) in [6, 6.07) is 0. The number of nitrogens with one attached hydrogen (secondary N) is 1. The first kappa shape index (κ1) is 19.9. The van der Waals surface area contributed by atoms with Gasteiger partial charge in [-0.05, 0) is 44.4 Å². The Morgan fingerprint density at radius 3 is 2.73 bits per heavy atom. The van der Waals surface area contributed by atoms with Crippen LogP contribution in [0.15, 0.2) is 4.99 Å². The zero-order valence-electron chi connectivity index (χ0n) is 15.9. The third-order valence-corrected chi connectivity index (χ3v) is 6.22. The van der Waals surface area contributed by atoms with E-state index in [2.05, 4.69) is 20.4 Å². The minimum atomic E-state index is 0. The van der Waals surface area contributed by atoms with Crippen molar-refractivity contribution in [3.05, 3.63) is 11.6 Å². The molecule has 3 aliphatic rings. The van der Waals surface area contributed by atoms with Gasteiger partial charge in [-0.2, -0.15) is 0 Å². The average molecular weight is 474 g/mol. The molecule has 4 rings (SSSR count). The fourth-order valence-corrected chi connectivity index (χ4v) is 4.21. The molecular weight excluding hydrogens is 443 g/mol. The highest BCUT2D eigenvalue weighted by Crippen LogP contribution is 2.47. The molecule has 0 bridgehead atoms. The van der Waals surface area contributed by atoms with Crippen LogP contribution in [0.4, 0.5) is 0 Å². The first-order chi connectivity index (χ1) is 12.2. The predicted octanol–water partition coefficient (Wildman–Crippen LogP) is 2.24. The van der Waals surface area contributed by atoms with Crippen molar-refractivity contribution in [1.29, 1.82) is 0 Å². The van der Waals surface area contributed by atoms with Crippen molar-refractivity contribution in [3.63, 3.8) is 0 Å². The first-order valence-corrected chi connectivity index (χ1v) is 9.65. The van der Waals surface area contributed by atoms with Gasteiger partial charge in [0.15, 0.2) is 11.8 Å². The van der Waals surface area contributed by atoms with Gasteiger partial charge in [0.2, 0.25) is 0 Å². The SMILES string of the molecule is Cc1nnc(CN=C(NCC2CCCO2)N2CCC3(CCC3)C2)n1C.I. The van der Waals surface area contributed by atoms with Crippen molar-refractivity contribution in [1.82, 2.24) is 25.0 Å². The Balaban J connectivity index is 0.00000196. The van der Waals surface area contributed by atoms with Crippen LogP contribution in [0.3, 0.4) is 0 Å². The van der Waals surface area contributed by atoms with Gasteiger partial charge in [-0.1, -0.05) is 6.42 Å². The van der Waals surface area contributed by atoms with Gasteiger partial charge in [-0.25, -0.2) is 4.99 Å². The van der Waals surface area contributed by atoms with E-state index in [9.17, 15) is 0 Å². The molecule has 1 spiro atoms. The number of likely N-dealkylation sites (tertiary alicyclic amines) is 1. The van der Waals surface area contributed by atoms with Gasteiger partial charge in [0.1, 0.15) is 12.4 Å². The van der Waals surface area contributed by atoms with Gasteiger partial charge >= 0.3 is 0 Å². The summed E-state index contributed by atoms with van der Waals surface area (Å²) in [7, 11) is 2.00. The van der Waals surface area contributed by atoms with Crippen LogP contribution < -0.4 is 5.32 Å². The lowest BCUT2D eigenvalue weighted by Crippen LogP contribution is -2.44. The number of guanidine groups is 1. The molecule has 3 heterocycles. The molecule has 1 aromatic rings. The highest BCUT2D eigenvalue weighted by atomic mass is 127. The molecule has 146 valence electrons. The molecule has 0 radical (unpaired) electrons. The van der Waals surface area contributed by atoms with Gasteiger partial charge in [0.05, 0.1) is 6.10 Å². The standard InChI is InChI=1S/C18H30N6O.HI/c1-14-21-22-16(23(14)2)12-20-17(19-11-15-5-3-10-25-15)24-9-8-18(13-24)6-4-7-18;/h15H,3-13H2,1-2H3,(H,19,20);1H. The second-order valence-corrected chi connectivity index (χ2v) is 7.90. The first-order valence-electron chi connectivity index (χ1n) is 9.65. The average Bonchev–Trinajstić information content (AvgIpc) is 3.30. The third-order valence-electron chi connectivity index (χ3n) is 6.22. The molecule has 1 saturated carbocycles. The van der Waals surface area contributed by atoms with Gasteiger partial charge < -0.3 is 19.5 Å². The Bertz CT molecular complexity index is 636. The van der Waals surface area contributed by atoms with Crippen molar-refractivity contribution in [3.8, 4) is 0 Å². The quantitative estimate of drug-likeness (QED) is 0.412. The maximum absolute atomic E-state index is 5.76. The molecule has 26 heavy (non-hydrogen) atoms. The van der Waals surface area contributed by atoms with Crippen molar-refractivity contribution >= 4 is 29.9 Å². The summed E-state index contributed by atoms with van der Waals surface area (Å²) in [6.45, 7) is 6.52. The highest BCUT2D eigenvalue weighted by molar-refractivity contribution is 14.0. The molecule has 1 aromatic heterocycles. The van der Waals surface area contributed by atoms with E-state index < -0.39 is 0 Å². The van der Waals surface area contributed by atoms with Gasteiger partial charge in [0.25, 0.3) is 0 Å². The number of aromatic nitrogens is 3. The normalized spacial score (nSPS) is 24.6. The van der Waals surface area contributed by atoms with E-state index in [-0.39, 0.29) is 24.0 Å². The molecular formula is C18H31IN6O. The van der Waals surface area contributed by atoms with Crippen LogP contribution in [0, 0.1) is 12.3 Å². The molecule has 0 aromatic carbocycles. The lowest BCUT2D eigenvalue weighted by Gasteiger charge is -2.38. The number of ether oxygens (including phenoxy) is 1. The summed E-state index contributed by atoms with van der Waals surface area (Å²) < 4.78 is 7.77. The Labute approximate surface area is 173 Å². The van der Waals surface area contributed by atoms with Crippen LogP contribution in [0.2, 0.25) is 0 Å². The second kappa shape index (κ2) is 8.41. The smallest absolute Gasteiger partial charge is 0.194 e. The Hall–Kier alpha value is -0.900. The number of hydrogen-bond donors (Lipinski definition) is 1. The van der Waals surface area contributed by atoms with Gasteiger partial charge in [-0.15, -0.1) is 34.2 Å². The zero-order chi connectivity index (χ0) is 17.3. The lowest BCUT2D eigenvalue weighted by atomic mass is 9.68. The minimum Gasteiger partial charge on any atom is -0.376 e. The molecule has 1 aliphatic carbocycles. The molecule has 2 aliphatic heterocycles. The summed E-state index contributed by atoms with van der Waals surface area (Å²) in [6.07, 6.45) is 8.09. The fourth-order valence-electron chi connectivity index (χ4n) is 4.21. The van der Waals surface area contributed by atoms with Crippen LogP contribution >= 0.6 is 24.0 Å². The van der Waals surface area contributed by atoms with Gasteiger partial charge in [-0.3, -0.25) is 0 Å². The highest BCUT2D eigenvalue weighted by Gasteiger charge is 2.43. The molecule has 7 nitrogen and oxygen atoms in total. The van der Waals surface area contributed by atoms with E-state index in [1.165, 1.54) is 32.1 Å². The Kier molecular flexibility index (Phi) is 6.42. The molecule has 3 fully saturated rings. The molecule has 1 N–H and O–H groups in total. The van der Waals surface area contributed by atoms with Crippen LogP contribution in [0.5, 0.6) is 0 Å². The number of aliphatic imine (C=N–C) groups is 1. The number of hydrogen-bond acceptors (Lipinski definition) is 4. The van der Waals surface area contributed by atoms with Crippen LogP contribution in [-0.4, -0.2) is 58.0 Å². The number of rotatable bonds is 4. The van der Waals surface area contributed by atoms with Crippen LogP contribution in [0.25, 0.3) is 0 Å². The van der Waals surface area contributed by atoms with Gasteiger partial charge in [0, 0.05) is 33.3 Å². The zero-order valence-corrected chi connectivity index (χ0v) is 18.2. The third kappa shape index (κ3) is 4.16. The topological polar surface area (TPSA) is 67.6 Å². The van der Waals surface area contributed by atoms with E-state index in [1.807, 2.05) is 18.5 Å². The predicted molar refractivity (Wildman–Crippen MR) is 112 cm³/mol. The van der Waals surface area contributed by atoms with Crippen LogP contribution in [0.1, 0.15) is 50.2 Å². The lowest BCUT2D eigenvalue weighted by molar-refractivity contribution is 0.113. The van der Waals surface area contributed by atoms with Crippen molar-refractivity contribution in [2.45, 2.75) is 58.1 Å². The van der Waals surface area contributed by atoms with E-state index in [0.29, 0.717) is 18.1 Å². The Morgan fingerprint density at radius 1 is 1.31 bits per heavy atom. The van der Waals surface area contributed by atoms with Crippen molar-refractivity contribution < 1.29 is 4.74 Å². The van der Waals surface area contributed by atoms with E-state index in [0.717, 1.165) is 50.3 Å². The maximum atomic E-state index is 5.76. The number of nitrogens with zero attached hydrogens (tertiary/aromatic N) is 5. The summed E-state index contributed by atoms with van der Waals surface area (Å²) >= 11 is 0. The fraction of sp³-hybridized carbons (Fsp3) is 0.833. The molecule has 2 saturated heterocycles. The van der Waals surface area contributed by atoms with Crippen molar-refractivity contribution in [2.75, 3.05) is 26.2 Å². The number of aryl methyl sites for hydroxylation is 1.